The first-order valence-electron chi connectivity index (χ1n) is 21.6. The zero-order valence-corrected chi connectivity index (χ0v) is 52.1. The largest absolute Gasteiger partial charge is 1.00 e. The fourth-order valence-electron chi connectivity index (χ4n) is 6.85. The fraction of sp³-hybridized carbons (Fsp3) is 0.241. The molecular formula is C58H68Cl2Hf2N2Si2-6. The second-order valence-corrected chi connectivity index (χ2v) is 19.5. The zero-order valence-electron chi connectivity index (χ0n) is 41.1. The minimum Gasteiger partial charge on any atom is -1.00 e. The summed E-state index contributed by atoms with van der Waals surface area (Å²) in [5, 5.41) is 5.81. The van der Waals surface area contributed by atoms with Gasteiger partial charge in [0.2, 0.25) is 0 Å². The van der Waals surface area contributed by atoms with Gasteiger partial charge in [0.05, 0.1) is 0 Å². The third-order valence-electron chi connectivity index (χ3n) is 10.8. The van der Waals surface area contributed by atoms with E-state index < -0.39 is 0 Å². The predicted molar refractivity (Wildman–Crippen MR) is 278 cm³/mol. The van der Waals surface area contributed by atoms with Gasteiger partial charge in [0, 0.05) is 51.7 Å². The number of aryl methyl sites for hydroxylation is 4. The second kappa shape index (κ2) is 34.9. The molecule has 0 spiro atoms. The number of nitrogens with one attached hydrogen (secondary N) is 2. The molecule has 0 amide bonds. The van der Waals surface area contributed by atoms with Gasteiger partial charge in [-0.15, -0.1) is 25.2 Å². The van der Waals surface area contributed by atoms with Gasteiger partial charge >= 0.3 is 0 Å². The molecule has 2 atom stereocenters. The van der Waals surface area contributed by atoms with Gasteiger partial charge < -0.3 is 36.3 Å². The quantitative estimate of drug-likeness (QED) is 0.129. The third kappa shape index (κ3) is 25.1. The summed E-state index contributed by atoms with van der Waals surface area (Å²) in [4.78, 5) is 0. The minimum absolute atomic E-state index is 0. The Bertz CT molecular complexity index is 2050. The van der Waals surface area contributed by atoms with Crippen LogP contribution in [0.4, 0.5) is 11.4 Å². The first-order chi connectivity index (χ1) is 29.5. The molecule has 6 aromatic rings. The monoisotopic (exact) mass is 1280 g/mol. The predicted octanol–water partition coefficient (Wildman–Crippen LogP) is 7.57. The van der Waals surface area contributed by atoms with Crippen LogP contribution in [0.25, 0.3) is 11.5 Å². The molecule has 6 aromatic carbocycles. The first-order valence-corrected chi connectivity index (χ1v) is 23.9. The molecule has 2 radical (unpaired) electrons. The maximum absolute atomic E-state index is 7.28. The number of halogens is 2. The Hall–Kier alpha value is -3.37. The minimum atomic E-state index is 0. The van der Waals surface area contributed by atoms with E-state index in [1.807, 2.05) is 52.0 Å². The third-order valence-corrected chi connectivity index (χ3v) is 13.7. The van der Waals surface area contributed by atoms with Gasteiger partial charge in [0.25, 0.3) is 0 Å². The number of hydrogen-bond donors (Lipinski definition) is 0. The molecule has 2 nitrogen and oxygen atoms in total. The maximum atomic E-state index is 7.28. The molecule has 346 valence electrons. The van der Waals surface area contributed by atoms with E-state index in [0.29, 0.717) is 23.2 Å². The van der Waals surface area contributed by atoms with E-state index in [-0.39, 0.29) is 95.5 Å². The van der Waals surface area contributed by atoms with Crippen molar-refractivity contribution in [1.29, 1.82) is 0 Å². The SMILES string of the molecule is CC1=[C-]C(C)C(C)=C1C.CC1=[C-]C(C)C(C)=C1C.Cc1cc(C)cc([NH-])c1.Cc1cc(C)cc([NH-])c1.[Cl-].[Cl-].[Hf].[Hf].c1ccc([SiH]c2ccccc2)cc1.c1ccc([SiH]c2ccccc2)cc1. The van der Waals surface area contributed by atoms with Crippen molar-refractivity contribution in [1.82, 2.24) is 0 Å². The number of allylic oxidation sites excluding steroid dienone is 8. The summed E-state index contributed by atoms with van der Waals surface area (Å²) in [5.41, 5.74) is 28.9. The number of hydrogen-bond acceptors (Lipinski definition) is 0. The molecule has 0 heterocycles. The molecular weight excluding hydrogens is 1210 g/mol. The number of rotatable bonds is 4. The van der Waals surface area contributed by atoms with Crippen molar-refractivity contribution in [2.24, 2.45) is 11.8 Å². The molecule has 0 aromatic heterocycles. The normalized spacial score (nSPS) is 13.9. The van der Waals surface area contributed by atoms with Crippen LogP contribution in [0.2, 0.25) is 0 Å². The van der Waals surface area contributed by atoms with Gasteiger partial charge in [0.1, 0.15) is 19.0 Å². The van der Waals surface area contributed by atoms with Gasteiger partial charge in [-0.3, -0.25) is 12.2 Å². The summed E-state index contributed by atoms with van der Waals surface area (Å²) in [6, 6.07) is 54.2. The Balaban J connectivity index is 0. The van der Waals surface area contributed by atoms with E-state index in [4.69, 9.17) is 11.5 Å². The Kier molecular flexibility index (Phi) is 34.2. The van der Waals surface area contributed by atoms with E-state index in [2.05, 4.69) is 201 Å². The average molecular weight is 1280 g/mol. The Labute approximate surface area is 455 Å². The average Bonchev–Trinajstić information content (AvgIpc) is 3.59. The van der Waals surface area contributed by atoms with E-state index >= 15 is 0 Å². The van der Waals surface area contributed by atoms with Gasteiger partial charge in [-0.25, -0.2) is 11.1 Å². The summed E-state index contributed by atoms with van der Waals surface area (Å²) in [6.07, 6.45) is 6.72. The molecule has 0 bridgehead atoms. The van der Waals surface area contributed by atoms with E-state index in [1.165, 1.54) is 76.4 Å². The van der Waals surface area contributed by atoms with Crippen LogP contribution in [0.3, 0.4) is 0 Å². The molecule has 66 heavy (non-hydrogen) atoms. The van der Waals surface area contributed by atoms with Crippen molar-refractivity contribution < 1.29 is 76.5 Å². The Morgan fingerprint density at radius 2 is 0.576 bits per heavy atom. The van der Waals surface area contributed by atoms with Crippen LogP contribution < -0.4 is 45.6 Å². The molecule has 8 heteroatoms. The van der Waals surface area contributed by atoms with Crippen LogP contribution in [0.5, 0.6) is 0 Å². The second-order valence-electron chi connectivity index (χ2n) is 16.3. The van der Waals surface area contributed by atoms with Gasteiger partial charge in [-0.2, -0.15) is 22.3 Å². The van der Waals surface area contributed by atoms with Crippen LogP contribution >= 0.6 is 0 Å². The van der Waals surface area contributed by atoms with Crippen LogP contribution in [-0.2, 0) is 51.7 Å². The van der Waals surface area contributed by atoms with E-state index in [0.717, 1.165) is 0 Å². The molecule has 2 unspecified atom stereocenters. The van der Waals surface area contributed by atoms with Crippen molar-refractivity contribution in [2.75, 3.05) is 0 Å². The molecule has 0 aliphatic heterocycles. The van der Waals surface area contributed by atoms with Crippen molar-refractivity contribution in [2.45, 2.75) is 83.1 Å². The molecule has 2 aliphatic carbocycles. The van der Waals surface area contributed by atoms with E-state index in [9.17, 15) is 0 Å². The maximum Gasteiger partial charge on any atom is 0.103 e. The summed E-state index contributed by atoms with van der Waals surface area (Å²) in [7, 11) is 0.543. The van der Waals surface area contributed by atoms with Crippen LogP contribution in [0, 0.1) is 51.7 Å². The van der Waals surface area contributed by atoms with Crippen molar-refractivity contribution in [3.8, 4) is 0 Å². The molecule has 0 saturated heterocycles. The van der Waals surface area contributed by atoms with Crippen molar-refractivity contribution in [3.05, 3.63) is 237 Å². The fourth-order valence-corrected chi connectivity index (χ4v) is 9.28. The summed E-state index contributed by atoms with van der Waals surface area (Å²) in [5.74, 6) is 1.12. The smallest absolute Gasteiger partial charge is 0.103 e. The Morgan fingerprint density at radius 1 is 0.364 bits per heavy atom. The topological polar surface area (TPSA) is 47.6 Å². The van der Waals surface area contributed by atoms with Crippen LogP contribution in [0.1, 0.15) is 77.6 Å². The molecule has 8 rings (SSSR count). The molecule has 0 fully saturated rings. The zero-order chi connectivity index (χ0) is 45.6. The van der Waals surface area contributed by atoms with Crippen LogP contribution in [-0.4, -0.2) is 19.0 Å². The summed E-state index contributed by atoms with van der Waals surface area (Å²) < 4.78 is 0. The number of benzene rings is 6. The van der Waals surface area contributed by atoms with Gasteiger partial charge in [-0.05, 0) is 27.7 Å². The summed E-state index contributed by atoms with van der Waals surface area (Å²) >= 11 is 0. The van der Waals surface area contributed by atoms with Crippen LogP contribution in [0.15, 0.2) is 191 Å². The van der Waals surface area contributed by atoms with Crippen molar-refractivity contribution >= 4 is 51.2 Å². The molecule has 0 saturated carbocycles. The van der Waals surface area contributed by atoms with Gasteiger partial charge in [-0.1, -0.05) is 254 Å². The Morgan fingerprint density at radius 3 is 0.712 bits per heavy atom. The van der Waals surface area contributed by atoms with E-state index in [1.54, 1.807) is 0 Å². The van der Waals surface area contributed by atoms with Gasteiger partial charge in [0.15, 0.2) is 0 Å². The summed E-state index contributed by atoms with van der Waals surface area (Å²) in [6.45, 7) is 25.4. The molecule has 2 N–H and O–H groups in total. The first kappa shape index (κ1) is 64.7. The van der Waals surface area contributed by atoms with Crippen molar-refractivity contribution in [3.63, 3.8) is 0 Å². The standard InChI is InChI=1S/2C12H11Si.2C9H13.2C8H10N.2ClH.2Hf/c2*1-3-7-11(8-4-1)13-12-9-5-2-6-10-12;2*1-6-5-7(2)9(4)8(6)3;2*1-6-3-7(2)5-8(9)4-6;;;;/h2*1-10,13H;2*6H,1-4H3;2*3-5,9H,1-2H3;2*1H;;/q;;4*-1;;;;/p-2. The molecule has 2 aliphatic rings.